The molecule has 1 fully saturated rings. The number of nitro groups is 1. The van der Waals surface area contributed by atoms with Crippen molar-refractivity contribution in [2.45, 2.75) is 38.8 Å². The molecule has 3 rings (SSSR count). The van der Waals surface area contributed by atoms with Gasteiger partial charge in [-0.1, -0.05) is 12.8 Å². The van der Waals surface area contributed by atoms with Gasteiger partial charge in [0.15, 0.2) is 6.79 Å². The summed E-state index contributed by atoms with van der Waals surface area (Å²) in [6.45, 7) is 3.41. The third-order valence-electron chi connectivity index (χ3n) is 4.08. The highest BCUT2D eigenvalue weighted by atomic mass is 16.7. The Kier molecular flexibility index (Phi) is 4.36. The SMILES string of the molecule is O=[N+]([O-])c1cc2c(c(CN3CCCCCC3)c1)OCOC2. The van der Waals surface area contributed by atoms with Crippen LogP contribution in [-0.4, -0.2) is 29.7 Å². The van der Waals surface area contributed by atoms with E-state index < -0.39 is 0 Å². The third kappa shape index (κ3) is 3.33. The molecule has 0 radical (unpaired) electrons. The number of hydrogen-bond donors (Lipinski definition) is 0. The van der Waals surface area contributed by atoms with Crippen LogP contribution in [0.15, 0.2) is 12.1 Å². The summed E-state index contributed by atoms with van der Waals surface area (Å²) in [7, 11) is 0. The molecular weight excluding hydrogens is 272 g/mol. The molecule has 0 bridgehead atoms. The summed E-state index contributed by atoms with van der Waals surface area (Å²) in [5.74, 6) is 0.774. The predicted molar refractivity (Wildman–Crippen MR) is 77.1 cm³/mol. The van der Waals surface area contributed by atoms with Gasteiger partial charge in [-0.25, -0.2) is 0 Å². The van der Waals surface area contributed by atoms with Gasteiger partial charge in [-0.15, -0.1) is 0 Å². The minimum Gasteiger partial charge on any atom is -0.467 e. The molecule has 1 saturated heterocycles. The zero-order valence-corrected chi connectivity index (χ0v) is 12.0. The van der Waals surface area contributed by atoms with Crippen molar-refractivity contribution >= 4 is 5.69 Å². The maximum absolute atomic E-state index is 11.1. The Hall–Kier alpha value is -1.66. The molecule has 2 aliphatic rings. The molecule has 1 aromatic carbocycles. The number of likely N-dealkylation sites (tertiary alicyclic amines) is 1. The second kappa shape index (κ2) is 6.41. The average Bonchev–Trinajstić information content (AvgIpc) is 2.75. The zero-order chi connectivity index (χ0) is 14.7. The van der Waals surface area contributed by atoms with E-state index in [1.165, 1.54) is 25.7 Å². The van der Waals surface area contributed by atoms with Gasteiger partial charge in [-0.3, -0.25) is 15.0 Å². The van der Waals surface area contributed by atoms with Crippen LogP contribution in [0.5, 0.6) is 5.75 Å². The lowest BCUT2D eigenvalue weighted by Crippen LogP contribution is -2.25. The standard InChI is InChI=1S/C15H20N2O4/c18-17(19)14-7-12(9-16-5-3-1-2-4-6-16)15-13(8-14)10-20-11-21-15/h7-8H,1-6,9-11H2. The summed E-state index contributed by atoms with van der Waals surface area (Å²) in [5, 5.41) is 11.1. The van der Waals surface area contributed by atoms with Crippen molar-refractivity contribution in [1.29, 1.82) is 0 Å². The first-order valence-electron chi connectivity index (χ1n) is 7.47. The van der Waals surface area contributed by atoms with E-state index in [0.717, 1.165) is 30.0 Å². The molecule has 0 unspecified atom stereocenters. The van der Waals surface area contributed by atoms with Crippen LogP contribution in [0.4, 0.5) is 5.69 Å². The molecule has 1 aromatic rings. The van der Waals surface area contributed by atoms with E-state index in [-0.39, 0.29) is 17.4 Å². The molecule has 0 saturated carbocycles. The molecule has 2 aliphatic heterocycles. The Morgan fingerprint density at radius 2 is 1.95 bits per heavy atom. The van der Waals surface area contributed by atoms with Gasteiger partial charge in [0.1, 0.15) is 5.75 Å². The highest BCUT2D eigenvalue weighted by Gasteiger charge is 2.22. The molecule has 21 heavy (non-hydrogen) atoms. The topological polar surface area (TPSA) is 64.8 Å². The van der Waals surface area contributed by atoms with E-state index in [9.17, 15) is 10.1 Å². The molecule has 6 nitrogen and oxygen atoms in total. The largest absolute Gasteiger partial charge is 0.467 e. The van der Waals surface area contributed by atoms with Crippen LogP contribution in [0.2, 0.25) is 0 Å². The minimum absolute atomic E-state index is 0.118. The van der Waals surface area contributed by atoms with Gasteiger partial charge in [0.25, 0.3) is 5.69 Å². The summed E-state index contributed by atoms with van der Waals surface area (Å²) in [6, 6.07) is 3.20. The summed E-state index contributed by atoms with van der Waals surface area (Å²) >= 11 is 0. The van der Waals surface area contributed by atoms with Gasteiger partial charge < -0.3 is 9.47 Å². The van der Waals surface area contributed by atoms with Crippen molar-refractivity contribution in [3.8, 4) is 5.75 Å². The van der Waals surface area contributed by atoms with E-state index in [0.29, 0.717) is 13.2 Å². The Balaban J connectivity index is 1.88. The second-order valence-corrected chi connectivity index (χ2v) is 5.65. The molecule has 2 heterocycles. The van der Waals surface area contributed by atoms with E-state index >= 15 is 0 Å². The van der Waals surface area contributed by atoms with Crippen LogP contribution in [0.1, 0.15) is 36.8 Å². The van der Waals surface area contributed by atoms with Crippen molar-refractivity contribution in [3.63, 3.8) is 0 Å². The number of benzene rings is 1. The summed E-state index contributed by atoms with van der Waals surface area (Å²) in [6.07, 6.45) is 4.93. The normalized spacial score (nSPS) is 19.4. The molecular formula is C15H20N2O4. The van der Waals surface area contributed by atoms with Crippen molar-refractivity contribution < 1.29 is 14.4 Å². The number of ether oxygens (including phenoxy) is 2. The molecule has 114 valence electrons. The maximum atomic E-state index is 11.1. The van der Waals surface area contributed by atoms with Crippen LogP contribution in [-0.2, 0) is 17.9 Å². The number of non-ortho nitro benzene ring substituents is 1. The lowest BCUT2D eigenvalue weighted by molar-refractivity contribution is -0.385. The fourth-order valence-corrected chi connectivity index (χ4v) is 3.04. The molecule has 0 spiro atoms. The summed E-state index contributed by atoms with van der Waals surface area (Å²) in [5.41, 5.74) is 1.80. The predicted octanol–water partition coefficient (Wildman–Crippen LogP) is 2.84. The molecule has 0 N–H and O–H groups in total. The second-order valence-electron chi connectivity index (χ2n) is 5.65. The molecule has 0 amide bonds. The van der Waals surface area contributed by atoms with Gasteiger partial charge in [-0.2, -0.15) is 0 Å². The van der Waals surface area contributed by atoms with Crippen molar-refractivity contribution in [2.75, 3.05) is 19.9 Å². The summed E-state index contributed by atoms with van der Waals surface area (Å²) in [4.78, 5) is 13.1. The van der Waals surface area contributed by atoms with E-state index in [2.05, 4.69) is 4.90 Å². The van der Waals surface area contributed by atoms with Crippen LogP contribution in [0.25, 0.3) is 0 Å². The van der Waals surface area contributed by atoms with E-state index in [1.54, 1.807) is 12.1 Å². The van der Waals surface area contributed by atoms with Gasteiger partial charge in [0, 0.05) is 29.8 Å². The number of fused-ring (bicyclic) bond motifs is 1. The van der Waals surface area contributed by atoms with Gasteiger partial charge in [0.2, 0.25) is 0 Å². The lowest BCUT2D eigenvalue weighted by Gasteiger charge is -2.24. The fraction of sp³-hybridized carbons (Fsp3) is 0.600. The quantitative estimate of drug-likeness (QED) is 0.633. The van der Waals surface area contributed by atoms with E-state index in [1.807, 2.05) is 0 Å². The monoisotopic (exact) mass is 292 g/mol. The smallest absolute Gasteiger partial charge is 0.270 e. The average molecular weight is 292 g/mol. The fourth-order valence-electron chi connectivity index (χ4n) is 3.04. The highest BCUT2D eigenvalue weighted by molar-refractivity contribution is 5.50. The Morgan fingerprint density at radius 3 is 2.67 bits per heavy atom. The maximum Gasteiger partial charge on any atom is 0.270 e. The molecule has 0 aliphatic carbocycles. The molecule has 6 heteroatoms. The first kappa shape index (κ1) is 14.3. The van der Waals surface area contributed by atoms with Crippen LogP contribution < -0.4 is 4.74 Å². The lowest BCUT2D eigenvalue weighted by atomic mass is 10.1. The Morgan fingerprint density at radius 1 is 1.19 bits per heavy atom. The number of nitrogens with zero attached hydrogens (tertiary/aromatic N) is 2. The molecule has 0 aromatic heterocycles. The highest BCUT2D eigenvalue weighted by Crippen LogP contribution is 2.33. The number of nitro benzene ring substituents is 1. The van der Waals surface area contributed by atoms with Gasteiger partial charge in [0.05, 0.1) is 11.5 Å². The first-order chi connectivity index (χ1) is 10.2. The van der Waals surface area contributed by atoms with Crippen LogP contribution in [0.3, 0.4) is 0 Å². The molecule has 0 atom stereocenters. The number of rotatable bonds is 3. The third-order valence-corrected chi connectivity index (χ3v) is 4.08. The van der Waals surface area contributed by atoms with Crippen LogP contribution >= 0.6 is 0 Å². The van der Waals surface area contributed by atoms with Crippen molar-refractivity contribution in [1.82, 2.24) is 4.90 Å². The van der Waals surface area contributed by atoms with Crippen molar-refractivity contribution in [3.05, 3.63) is 33.4 Å². The van der Waals surface area contributed by atoms with Gasteiger partial charge in [-0.05, 0) is 25.9 Å². The van der Waals surface area contributed by atoms with Gasteiger partial charge >= 0.3 is 0 Å². The number of hydrogen-bond acceptors (Lipinski definition) is 5. The van der Waals surface area contributed by atoms with Crippen molar-refractivity contribution in [2.24, 2.45) is 0 Å². The summed E-state index contributed by atoms with van der Waals surface area (Å²) < 4.78 is 10.8. The Labute approximate surface area is 123 Å². The van der Waals surface area contributed by atoms with Crippen LogP contribution in [0, 0.1) is 10.1 Å². The van der Waals surface area contributed by atoms with E-state index in [4.69, 9.17) is 9.47 Å². The zero-order valence-electron chi connectivity index (χ0n) is 12.0. The first-order valence-corrected chi connectivity index (χ1v) is 7.47. The minimum atomic E-state index is -0.346. The Bertz CT molecular complexity index is 525.